The number of nitrogens with zero attached hydrogens (tertiary/aromatic N) is 7. The molecule has 3 amide bonds. The quantitative estimate of drug-likeness (QED) is 0.173. The number of urea groups is 1. The Morgan fingerprint density at radius 1 is 0.977 bits per heavy atom. The number of imidazole rings is 1. The standard InChI is InChI=1S/C28H35ClFN9O4.HI/c1-3-38-19-15-17(27(41)35-7-9-36(10-8-35)28(42)37-11-13-43-14-12-37)18(30)16-20(19)39(4-2)22(38)6-5-21(40)23-25(31)34-26(32)24(29)33-23;/h15-16H,3-14H2,1-2H3,(H3-,31,32,34,40);1H. The molecule has 4 N–H and O–H groups in total. The second kappa shape index (κ2) is 14.2. The number of ketones is 1. The first-order valence-electron chi connectivity index (χ1n) is 14.4. The number of amides is 3. The van der Waals surface area contributed by atoms with E-state index in [0.717, 1.165) is 5.82 Å². The van der Waals surface area contributed by atoms with Gasteiger partial charge in [-0.15, -0.1) is 0 Å². The molecule has 0 atom stereocenters. The van der Waals surface area contributed by atoms with Crippen LogP contribution in [-0.4, -0.2) is 99.4 Å². The minimum Gasteiger partial charge on any atom is -1.00 e. The first-order valence-corrected chi connectivity index (χ1v) is 14.8. The fraction of sp³-hybridized carbons (Fsp3) is 0.500. The van der Waals surface area contributed by atoms with Gasteiger partial charge in [-0.2, -0.15) is 0 Å². The molecule has 44 heavy (non-hydrogen) atoms. The zero-order valence-corrected chi connectivity index (χ0v) is 27.6. The Hall–Kier alpha value is -3.31. The molecule has 0 unspecified atom stereocenters. The van der Waals surface area contributed by atoms with Gasteiger partial charge >= 0.3 is 6.03 Å². The SMILES string of the molecule is CCn1c(CCC(=O)c2nc(Cl)c(N)nc2N)[n+](CC)c2cc(C(=O)N3CCN(C(=O)N4CCOCC4)CC3)c(F)cc21.[I-]. The minimum absolute atomic E-state index is 0. The summed E-state index contributed by atoms with van der Waals surface area (Å²) >= 11 is 5.96. The first-order chi connectivity index (χ1) is 20.6. The van der Waals surface area contributed by atoms with Gasteiger partial charge in [0.2, 0.25) is 0 Å². The van der Waals surface area contributed by atoms with Crippen LogP contribution in [-0.2, 0) is 24.2 Å². The number of morpholine rings is 1. The van der Waals surface area contributed by atoms with Crippen molar-refractivity contribution in [2.45, 2.75) is 39.8 Å². The predicted molar refractivity (Wildman–Crippen MR) is 157 cm³/mol. The maximum absolute atomic E-state index is 15.5. The number of aromatic nitrogens is 4. The average molecular weight is 744 g/mol. The van der Waals surface area contributed by atoms with Gasteiger partial charge in [-0.3, -0.25) is 9.59 Å². The Morgan fingerprint density at radius 2 is 1.61 bits per heavy atom. The van der Waals surface area contributed by atoms with Crippen LogP contribution in [0.3, 0.4) is 0 Å². The van der Waals surface area contributed by atoms with E-state index in [0.29, 0.717) is 83.0 Å². The van der Waals surface area contributed by atoms with Crippen molar-refractivity contribution in [3.63, 3.8) is 0 Å². The number of hydrogen-bond donors (Lipinski definition) is 2. The zero-order chi connectivity index (χ0) is 30.8. The highest BCUT2D eigenvalue weighted by atomic mass is 127. The number of ether oxygens (including phenoxy) is 1. The van der Waals surface area contributed by atoms with Crippen LogP contribution in [0.5, 0.6) is 0 Å². The number of Topliss-reactive ketones (excluding diaryl/α,β-unsaturated/α-hetero) is 1. The molecular formula is C28H36ClFIN9O4. The molecule has 13 nitrogen and oxygen atoms in total. The number of halogens is 3. The van der Waals surface area contributed by atoms with E-state index in [4.69, 9.17) is 27.8 Å². The zero-order valence-electron chi connectivity index (χ0n) is 24.7. The Kier molecular flexibility index (Phi) is 10.8. The molecule has 0 saturated carbocycles. The topological polar surface area (TPSA) is 157 Å². The molecule has 2 saturated heterocycles. The number of rotatable bonds is 7. The minimum atomic E-state index is -0.623. The molecule has 1 aromatic carbocycles. The molecule has 2 aromatic heterocycles. The number of benzene rings is 1. The van der Waals surface area contributed by atoms with E-state index in [2.05, 4.69) is 9.97 Å². The lowest BCUT2D eigenvalue weighted by molar-refractivity contribution is -0.676. The van der Waals surface area contributed by atoms with Crippen LogP contribution in [0, 0.1) is 5.82 Å². The third-order valence-electron chi connectivity index (χ3n) is 8.00. The maximum atomic E-state index is 15.5. The molecular weight excluding hydrogens is 708 g/mol. The van der Waals surface area contributed by atoms with Gasteiger partial charge in [-0.25, -0.2) is 28.3 Å². The number of hydrogen-bond acceptors (Lipinski definition) is 8. The molecule has 16 heteroatoms. The van der Waals surface area contributed by atoms with Gasteiger partial charge in [-0.1, -0.05) is 11.6 Å². The molecule has 5 rings (SSSR count). The first kappa shape index (κ1) is 33.6. The van der Waals surface area contributed by atoms with Crippen LogP contribution < -0.4 is 40.0 Å². The number of fused-ring (bicyclic) bond motifs is 1. The summed E-state index contributed by atoms with van der Waals surface area (Å²) in [6.07, 6.45) is 0.361. The molecule has 2 aliphatic rings. The van der Waals surface area contributed by atoms with Gasteiger partial charge in [0.1, 0.15) is 11.5 Å². The van der Waals surface area contributed by atoms with Crippen molar-refractivity contribution in [3.05, 3.63) is 40.2 Å². The number of anilines is 2. The molecule has 3 aromatic rings. The van der Waals surface area contributed by atoms with Crippen LogP contribution >= 0.6 is 11.6 Å². The summed E-state index contributed by atoms with van der Waals surface area (Å²) in [6.45, 7) is 8.43. The Labute approximate surface area is 276 Å². The van der Waals surface area contributed by atoms with E-state index < -0.39 is 11.7 Å². The molecule has 0 bridgehead atoms. The van der Waals surface area contributed by atoms with Crippen LogP contribution in [0.15, 0.2) is 12.1 Å². The number of carbonyl (C=O) groups is 3. The predicted octanol–water partition coefficient (Wildman–Crippen LogP) is -1.25. The van der Waals surface area contributed by atoms with Crippen molar-refractivity contribution in [1.29, 1.82) is 0 Å². The Morgan fingerprint density at radius 3 is 2.25 bits per heavy atom. The van der Waals surface area contributed by atoms with E-state index in [1.165, 1.54) is 6.07 Å². The van der Waals surface area contributed by atoms with Gasteiger partial charge in [0, 0.05) is 57.8 Å². The lowest BCUT2D eigenvalue weighted by Crippen LogP contribution is -3.00. The fourth-order valence-corrected chi connectivity index (χ4v) is 5.89. The van der Waals surface area contributed by atoms with Gasteiger partial charge in [0.15, 0.2) is 33.6 Å². The van der Waals surface area contributed by atoms with Crippen LogP contribution in [0.25, 0.3) is 11.0 Å². The van der Waals surface area contributed by atoms with Gasteiger partial charge < -0.3 is 54.9 Å². The smallest absolute Gasteiger partial charge is 0.320 e. The van der Waals surface area contributed by atoms with E-state index in [9.17, 15) is 14.4 Å². The summed E-state index contributed by atoms with van der Waals surface area (Å²) in [5.41, 5.74) is 12.7. The van der Waals surface area contributed by atoms with Gasteiger partial charge in [-0.05, 0) is 13.8 Å². The second-order valence-corrected chi connectivity index (χ2v) is 10.8. The molecule has 4 heterocycles. The molecule has 0 spiro atoms. The van der Waals surface area contributed by atoms with Crippen molar-refractivity contribution in [2.24, 2.45) is 0 Å². The summed E-state index contributed by atoms with van der Waals surface area (Å²) in [4.78, 5) is 52.3. The van der Waals surface area contributed by atoms with E-state index >= 15 is 4.39 Å². The van der Waals surface area contributed by atoms with Crippen molar-refractivity contribution < 1.29 is 52.1 Å². The highest BCUT2D eigenvalue weighted by Gasteiger charge is 2.32. The summed E-state index contributed by atoms with van der Waals surface area (Å²) in [6, 6.07) is 2.90. The summed E-state index contributed by atoms with van der Waals surface area (Å²) in [5, 5.41) is -0.0957. The third-order valence-corrected chi connectivity index (χ3v) is 8.27. The van der Waals surface area contributed by atoms with Gasteiger partial charge in [0.25, 0.3) is 11.7 Å². The van der Waals surface area contributed by atoms with Gasteiger partial charge in [0.05, 0.1) is 38.3 Å². The molecule has 238 valence electrons. The van der Waals surface area contributed by atoms with Crippen LogP contribution in [0.2, 0.25) is 5.15 Å². The molecule has 2 fully saturated rings. The number of nitrogens with two attached hydrogens (primary N) is 2. The second-order valence-electron chi connectivity index (χ2n) is 10.4. The fourth-order valence-electron chi connectivity index (χ4n) is 5.76. The van der Waals surface area contributed by atoms with Crippen molar-refractivity contribution >= 4 is 52.0 Å². The maximum Gasteiger partial charge on any atom is 0.320 e. The number of carbonyl (C=O) groups excluding carboxylic acids is 3. The monoisotopic (exact) mass is 743 g/mol. The van der Waals surface area contributed by atoms with E-state index in [1.54, 1.807) is 20.8 Å². The summed E-state index contributed by atoms with van der Waals surface area (Å²) in [7, 11) is 0. The number of nitrogen functional groups attached to an aromatic ring is 2. The van der Waals surface area contributed by atoms with Crippen molar-refractivity contribution in [2.75, 3.05) is 63.9 Å². The largest absolute Gasteiger partial charge is 1.00 e. The highest BCUT2D eigenvalue weighted by molar-refractivity contribution is 6.31. The number of aryl methyl sites for hydroxylation is 2. The van der Waals surface area contributed by atoms with Crippen molar-refractivity contribution in [3.8, 4) is 0 Å². The normalized spacial score (nSPS) is 15.4. The average Bonchev–Trinajstić information content (AvgIpc) is 3.31. The Balaban J connectivity index is 0.00000442. The van der Waals surface area contributed by atoms with E-state index in [1.807, 2.05) is 23.0 Å². The summed E-state index contributed by atoms with van der Waals surface area (Å²) in [5.74, 6) is -0.752. The molecule has 2 aliphatic heterocycles. The highest BCUT2D eigenvalue weighted by Crippen LogP contribution is 2.24. The lowest BCUT2D eigenvalue weighted by atomic mass is 10.1. The molecule has 0 aliphatic carbocycles. The lowest BCUT2D eigenvalue weighted by Gasteiger charge is -2.38. The van der Waals surface area contributed by atoms with Crippen molar-refractivity contribution in [1.82, 2.24) is 29.2 Å². The number of piperazine rings is 1. The third kappa shape index (κ3) is 6.54. The van der Waals surface area contributed by atoms with Crippen LogP contribution in [0.4, 0.5) is 20.8 Å². The van der Waals surface area contributed by atoms with E-state index in [-0.39, 0.29) is 70.3 Å². The van der Waals surface area contributed by atoms with Crippen LogP contribution in [0.1, 0.15) is 46.9 Å². The molecule has 0 radical (unpaired) electrons. The Bertz CT molecular complexity index is 1570. The summed E-state index contributed by atoms with van der Waals surface area (Å²) < 4.78 is 24.8.